The van der Waals surface area contributed by atoms with Crippen LogP contribution in [0, 0.1) is 11.8 Å². The minimum Gasteiger partial charge on any atom is -0.444 e. The molecule has 0 aromatic rings. The molecule has 6 nitrogen and oxygen atoms in total. The lowest BCUT2D eigenvalue weighted by Crippen LogP contribution is -2.45. The molecule has 0 aromatic heterocycles. The summed E-state index contributed by atoms with van der Waals surface area (Å²) in [5.41, 5.74) is -0.529. The van der Waals surface area contributed by atoms with Gasteiger partial charge in [-0.25, -0.2) is 4.79 Å². The van der Waals surface area contributed by atoms with Gasteiger partial charge in [0.15, 0.2) is 0 Å². The van der Waals surface area contributed by atoms with Crippen LogP contribution in [0.2, 0.25) is 0 Å². The second-order valence-electron chi connectivity index (χ2n) is 7.05. The van der Waals surface area contributed by atoms with Gasteiger partial charge in [-0.3, -0.25) is 9.69 Å². The van der Waals surface area contributed by atoms with Gasteiger partial charge in [0.2, 0.25) is 5.91 Å². The molecule has 1 N–H and O–H groups in total. The lowest BCUT2D eigenvalue weighted by molar-refractivity contribution is -0.132. The van der Waals surface area contributed by atoms with Crippen molar-refractivity contribution >= 4 is 12.0 Å². The smallest absolute Gasteiger partial charge is 0.411 e. The molecule has 2 atom stereocenters. The van der Waals surface area contributed by atoms with Crippen LogP contribution in [0.4, 0.5) is 4.79 Å². The quantitative estimate of drug-likeness (QED) is 0.746. The molecule has 2 saturated heterocycles. The van der Waals surface area contributed by atoms with Gasteiger partial charge in [-0.15, -0.1) is 0 Å². The van der Waals surface area contributed by atoms with Crippen molar-refractivity contribution in [1.29, 1.82) is 0 Å². The first-order chi connectivity index (χ1) is 10.8. The third-order valence-corrected chi connectivity index (χ3v) is 3.95. The van der Waals surface area contributed by atoms with Crippen LogP contribution in [0.25, 0.3) is 0 Å². The van der Waals surface area contributed by atoms with E-state index in [1.165, 1.54) is 4.90 Å². The molecule has 2 heterocycles. The highest BCUT2D eigenvalue weighted by molar-refractivity contribution is 5.78. The molecule has 2 aliphatic rings. The Balaban J connectivity index is 1.98. The largest absolute Gasteiger partial charge is 0.444 e. The predicted molar refractivity (Wildman–Crippen MR) is 85.3 cm³/mol. The van der Waals surface area contributed by atoms with Crippen molar-refractivity contribution in [2.45, 2.75) is 70.7 Å². The number of piperidine rings is 1. The topological polar surface area (TPSA) is 70.1 Å². The van der Waals surface area contributed by atoms with Crippen LogP contribution in [0.15, 0.2) is 0 Å². The first-order valence-electron chi connectivity index (χ1n) is 8.23. The van der Waals surface area contributed by atoms with Gasteiger partial charge in [-0.2, -0.15) is 0 Å². The molecule has 0 saturated carbocycles. The standard InChI is InChI=1S/C17H26N2O4/c1-17(2,3)23-16(22)18-11-5-4-7-13(18)8-6-12-19-14(20)9-10-15(19)21/h13-14,20H,4-5,7,9-12H2,1-3H3/t13-,14?/m1/s1. The summed E-state index contributed by atoms with van der Waals surface area (Å²) >= 11 is 0. The monoisotopic (exact) mass is 322 g/mol. The van der Waals surface area contributed by atoms with Gasteiger partial charge in [0, 0.05) is 19.4 Å². The molecule has 2 fully saturated rings. The Morgan fingerprint density at radius 3 is 2.70 bits per heavy atom. The molecule has 128 valence electrons. The molecule has 2 aliphatic heterocycles. The maximum atomic E-state index is 12.3. The summed E-state index contributed by atoms with van der Waals surface area (Å²) in [7, 11) is 0. The number of nitrogens with zero attached hydrogens (tertiary/aromatic N) is 2. The van der Waals surface area contributed by atoms with E-state index >= 15 is 0 Å². The molecule has 0 aliphatic carbocycles. The normalized spacial score (nSPS) is 25.1. The van der Waals surface area contributed by atoms with E-state index in [2.05, 4.69) is 11.8 Å². The third-order valence-electron chi connectivity index (χ3n) is 3.95. The van der Waals surface area contributed by atoms with E-state index in [4.69, 9.17) is 4.74 Å². The lowest BCUT2D eigenvalue weighted by atomic mass is 10.0. The van der Waals surface area contributed by atoms with Crippen molar-refractivity contribution in [3.05, 3.63) is 0 Å². The molecule has 2 rings (SSSR count). The molecule has 0 spiro atoms. The van der Waals surface area contributed by atoms with Crippen molar-refractivity contribution in [3.8, 4) is 11.8 Å². The van der Waals surface area contributed by atoms with E-state index in [9.17, 15) is 14.7 Å². The number of carbonyl (C=O) groups excluding carboxylic acids is 2. The Morgan fingerprint density at radius 2 is 2.09 bits per heavy atom. The molecular formula is C17H26N2O4. The Hall–Kier alpha value is -1.74. The minimum atomic E-state index is -0.731. The van der Waals surface area contributed by atoms with E-state index in [-0.39, 0.29) is 24.6 Å². The molecule has 0 aromatic carbocycles. The second kappa shape index (κ2) is 7.22. The lowest BCUT2D eigenvalue weighted by Gasteiger charge is -2.34. The SMILES string of the molecule is CC(C)(C)OC(=O)N1CCCC[C@@H]1C#CCN1C(=O)CCC1O. The van der Waals surface area contributed by atoms with Crippen molar-refractivity contribution in [3.63, 3.8) is 0 Å². The molecule has 0 radical (unpaired) electrons. The summed E-state index contributed by atoms with van der Waals surface area (Å²) in [6.45, 7) is 6.37. The highest BCUT2D eigenvalue weighted by Gasteiger charge is 2.30. The Bertz CT molecular complexity index is 515. The molecule has 0 bridgehead atoms. The molecule has 23 heavy (non-hydrogen) atoms. The zero-order chi connectivity index (χ0) is 17.0. The summed E-state index contributed by atoms with van der Waals surface area (Å²) in [5.74, 6) is 5.96. The van der Waals surface area contributed by atoms with Gasteiger partial charge >= 0.3 is 6.09 Å². The maximum absolute atomic E-state index is 12.3. The van der Waals surface area contributed by atoms with E-state index in [1.807, 2.05) is 20.8 Å². The van der Waals surface area contributed by atoms with E-state index in [1.54, 1.807) is 4.90 Å². The highest BCUT2D eigenvalue weighted by atomic mass is 16.6. The molecular weight excluding hydrogens is 296 g/mol. The number of amides is 2. The van der Waals surface area contributed by atoms with E-state index in [0.717, 1.165) is 19.3 Å². The van der Waals surface area contributed by atoms with Gasteiger partial charge in [0.25, 0.3) is 0 Å². The summed E-state index contributed by atoms with van der Waals surface area (Å²) in [6.07, 6.45) is 2.54. The van der Waals surface area contributed by atoms with Crippen molar-refractivity contribution < 1.29 is 19.4 Å². The first kappa shape index (κ1) is 17.6. The Labute approximate surface area is 137 Å². The fourth-order valence-electron chi connectivity index (χ4n) is 2.78. The molecule has 2 amide bonds. The summed E-state index contributed by atoms with van der Waals surface area (Å²) in [6, 6.07) is -0.187. The number of aliphatic hydroxyl groups excluding tert-OH is 1. The number of carbonyl (C=O) groups is 2. The van der Waals surface area contributed by atoms with Crippen LogP contribution < -0.4 is 0 Å². The maximum Gasteiger partial charge on any atom is 0.411 e. The average molecular weight is 322 g/mol. The van der Waals surface area contributed by atoms with Gasteiger partial charge in [0.05, 0.1) is 12.6 Å². The van der Waals surface area contributed by atoms with Crippen LogP contribution in [0.1, 0.15) is 52.9 Å². The van der Waals surface area contributed by atoms with Crippen molar-refractivity contribution in [2.75, 3.05) is 13.1 Å². The van der Waals surface area contributed by atoms with Crippen LogP contribution in [0.5, 0.6) is 0 Å². The van der Waals surface area contributed by atoms with E-state index in [0.29, 0.717) is 19.4 Å². The van der Waals surface area contributed by atoms with Crippen LogP contribution in [-0.2, 0) is 9.53 Å². The number of aliphatic hydroxyl groups is 1. The molecule has 6 heteroatoms. The summed E-state index contributed by atoms with van der Waals surface area (Å²) in [5, 5.41) is 9.72. The molecule has 1 unspecified atom stereocenters. The summed E-state index contributed by atoms with van der Waals surface area (Å²) < 4.78 is 5.44. The Kier molecular flexibility index (Phi) is 5.53. The highest BCUT2D eigenvalue weighted by Crippen LogP contribution is 2.20. The summed E-state index contributed by atoms with van der Waals surface area (Å²) in [4.78, 5) is 26.9. The van der Waals surface area contributed by atoms with Crippen LogP contribution in [0.3, 0.4) is 0 Å². The van der Waals surface area contributed by atoms with E-state index < -0.39 is 11.8 Å². The van der Waals surface area contributed by atoms with Crippen LogP contribution >= 0.6 is 0 Å². The number of hydrogen-bond acceptors (Lipinski definition) is 4. The Morgan fingerprint density at radius 1 is 1.35 bits per heavy atom. The predicted octanol–water partition coefficient (Wildman–Crippen LogP) is 1.72. The minimum absolute atomic E-state index is 0.0700. The zero-order valence-corrected chi connectivity index (χ0v) is 14.2. The number of rotatable bonds is 1. The van der Waals surface area contributed by atoms with Crippen LogP contribution in [-0.4, -0.2) is 57.9 Å². The number of ether oxygens (including phenoxy) is 1. The van der Waals surface area contributed by atoms with Crippen molar-refractivity contribution in [1.82, 2.24) is 9.80 Å². The zero-order valence-electron chi connectivity index (χ0n) is 14.2. The third kappa shape index (κ3) is 4.87. The fraction of sp³-hybridized carbons (Fsp3) is 0.765. The first-order valence-corrected chi connectivity index (χ1v) is 8.23. The average Bonchev–Trinajstić information content (AvgIpc) is 2.77. The fourth-order valence-corrected chi connectivity index (χ4v) is 2.78. The van der Waals surface area contributed by atoms with Gasteiger partial charge in [0.1, 0.15) is 11.8 Å². The number of likely N-dealkylation sites (tertiary alicyclic amines) is 2. The van der Waals surface area contributed by atoms with Gasteiger partial charge in [-0.05, 0) is 40.0 Å². The number of hydrogen-bond donors (Lipinski definition) is 1. The van der Waals surface area contributed by atoms with Gasteiger partial charge < -0.3 is 14.7 Å². The second-order valence-corrected chi connectivity index (χ2v) is 7.05. The van der Waals surface area contributed by atoms with Crippen molar-refractivity contribution in [2.24, 2.45) is 0 Å². The van der Waals surface area contributed by atoms with Gasteiger partial charge in [-0.1, -0.05) is 11.8 Å².